The predicted molar refractivity (Wildman–Crippen MR) is 212 cm³/mol. The van der Waals surface area contributed by atoms with Crippen LogP contribution in [0, 0.1) is 0 Å². The maximum Gasteiger partial charge on any atom is 0.0561 e. The Labute approximate surface area is 293 Å². The number of nitrogens with zero attached hydrogens (tertiary/aromatic N) is 2. The fraction of sp³-hybridized carbons (Fsp3) is 0.0417. The van der Waals surface area contributed by atoms with E-state index in [0.717, 1.165) is 29.2 Å². The zero-order valence-electron chi connectivity index (χ0n) is 27.7. The molecular weight excluding hydrogens is 605 g/mol. The van der Waals surface area contributed by atoms with Gasteiger partial charge in [0, 0.05) is 39.4 Å². The highest BCUT2D eigenvalue weighted by atomic mass is 15.1. The number of hydrogen-bond donors (Lipinski definition) is 0. The molecule has 1 aliphatic carbocycles. The van der Waals surface area contributed by atoms with Crippen LogP contribution in [0.5, 0.6) is 0 Å². The van der Waals surface area contributed by atoms with E-state index in [1.165, 1.54) is 49.6 Å². The molecule has 0 aliphatic heterocycles. The molecule has 1 atom stereocenters. The lowest BCUT2D eigenvalue weighted by Crippen LogP contribution is -2.10. The van der Waals surface area contributed by atoms with Crippen LogP contribution >= 0.6 is 0 Å². The van der Waals surface area contributed by atoms with Crippen molar-refractivity contribution >= 4 is 38.9 Å². The fourth-order valence-corrected chi connectivity index (χ4v) is 7.39. The van der Waals surface area contributed by atoms with Crippen LogP contribution in [-0.2, 0) is 0 Å². The van der Waals surface area contributed by atoms with Crippen LogP contribution < -0.4 is 4.90 Å². The molecular formula is C48H36N2. The first kappa shape index (κ1) is 29.7. The molecule has 9 rings (SSSR count). The number of aromatic nitrogens is 1. The first-order valence-corrected chi connectivity index (χ1v) is 17.4. The van der Waals surface area contributed by atoms with E-state index in [1.807, 2.05) is 0 Å². The van der Waals surface area contributed by atoms with E-state index >= 15 is 0 Å². The number of anilines is 3. The molecule has 50 heavy (non-hydrogen) atoms. The molecule has 0 radical (unpaired) electrons. The van der Waals surface area contributed by atoms with Crippen LogP contribution in [0.2, 0.25) is 0 Å². The summed E-state index contributed by atoms with van der Waals surface area (Å²) in [5.41, 5.74) is 13.1. The van der Waals surface area contributed by atoms with Gasteiger partial charge in [-0.3, -0.25) is 0 Å². The van der Waals surface area contributed by atoms with Crippen molar-refractivity contribution in [1.82, 2.24) is 4.57 Å². The zero-order chi connectivity index (χ0) is 33.3. The van der Waals surface area contributed by atoms with Gasteiger partial charge < -0.3 is 9.47 Å². The third-order valence-corrected chi connectivity index (χ3v) is 9.94. The lowest BCUT2D eigenvalue weighted by Gasteiger charge is -2.26. The second-order valence-corrected chi connectivity index (χ2v) is 13.0. The third-order valence-electron chi connectivity index (χ3n) is 9.94. The topological polar surface area (TPSA) is 8.17 Å². The van der Waals surface area contributed by atoms with Gasteiger partial charge in [0.1, 0.15) is 0 Å². The van der Waals surface area contributed by atoms with Crippen molar-refractivity contribution in [3.05, 3.63) is 206 Å². The Morgan fingerprint density at radius 1 is 0.440 bits per heavy atom. The lowest BCUT2D eigenvalue weighted by molar-refractivity contribution is 0.854. The van der Waals surface area contributed by atoms with E-state index in [1.54, 1.807) is 0 Å². The second-order valence-electron chi connectivity index (χ2n) is 13.0. The molecule has 0 fully saturated rings. The van der Waals surface area contributed by atoms with Crippen molar-refractivity contribution in [1.29, 1.82) is 0 Å². The first-order chi connectivity index (χ1) is 24.8. The van der Waals surface area contributed by atoms with Gasteiger partial charge >= 0.3 is 0 Å². The Morgan fingerprint density at radius 3 is 1.70 bits per heavy atom. The number of para-hydroxylation sites is 2. The molecule has 0 saturated heterocycles. The fourth-order valence-electron chi connectivity index (χ4n) is 7.39. The number of fused-ring (bicyclic) bond motifs is 3. The van der Waals surface area contributed by atoms with Gasteiger partial charge in [-0.2, -0.15) is 0 Å². The average molecular weight is 641 g/mol. The molecule has 7 aromatic carbocycles. The minimum absolute atomic E-state index is 0.459. The SMILES string of the molecule is C1=CCC(c2ccc(-c3ccc(N(c4ccccc4)c4ccc5c6ccccc6n(-c6ccc(-c7ccccc7)cc6)c5c4)cc3)cc2)C=C1. The molecule has 238 valence electrons. The summed E-state index contributed by atoms with van der Waals surface area (Å²) in [5.74, 6) is 0.459. The maximum atomic E-state index is 2.40. The van der Waals surface area contributed by atoms with Crippen molar-refractivity contribution in [2.45, 2.75) is 12.3 Å². The zero-order valence-corrected chi connectivity index (χ0v) is 27.7. The van der Waals surface area contributed by atoms with Crippen molar-refractivity contribution < 1.29 is 0 Å². The molecule has 2 nitrogen and oxygen atoms in total. The first-order valence-electron chi connectivity index (χ1n) is 17.4. The van der Waals surface area contributed by atoms with E-state index in [2.05, 4.69) is 210 Å². The van der Waals surface area contributed by atoms with Gasteiger partial charge in [0.25, 0.3) is 0 Å². The molecule has 0 N–H and O–H groups in total. The largest absolute Gasteiger partial charge is 0.310 e. The summed E-state index contributed by atoms with van der Waals surface area (Å²) in [7, 11) is 0. The quantitative estimate of drug-likeness (QED) is 0.168. The highest BCUT2D eigenvalue weighted by molar-refractivity contribution is 6.10. The normalized spacial score (nSPS) is 14.0. The number of rotatable bonds is 7. The van der Waals surface area contributed by atoms with Crippen LogP contribution in [0.1, 0.15) is 17.9 Å². The van der Waals surface area contributed by atoms with Crippen molar-refractivity contribution in [2.24, 2.45) is 0 Å². The third kappa shape index (κ3) is 5.51. The second kappa shape index (κ2) is 12.9. The summed E-state index contributed by atoms with van der Waals surface area (Å²) < 4.78 is 2.40. The Balaban J connectivity index is 1.12. The Bertz CT molecular complexity index is 2470. The van der Waals surface area contributed by atoms with Crippen molar-refractivity contribution in [3.63, 3.8) is 0 Å². The standard InChI is InChI=1S/C48H36N2/c1-4-12-35(13-5-1)37-20-22-38(23-21-37)40-24-28-42(29-25-40)49(41-16-8-3-9-17-41)44-32-33-46-45-18-10-11-19-47(45)50(48(46)34-44)43-30-26-39(27-31-43)36-14-6-2-7-15-36/h1-12,14-35H,13H2. The smallest absolute Gasteiger partial charge is 0.0561 e. The molecule has 1 unspecified atom stereocenters. The van der Waals surface area contributed by atoms with Crippen molar-refractivity contribution in [3.8, 4) is 27.9 Å². The van der Waals surface area contributed by atoms with Gasteiger partial charge in [-0.25, -0.2) is 0 Å². The predicted octanol–water partition coefficient (Wildman–Crippen LogP) is 13.2. The monoisotopic (exact) mass is 640 g/mol. The molecule has 0 amide bonds. The average Bonchev–Trinajstić information content (AvgIpc) is 3.53. The Kier molecular flexibility index (Phi) is 7.68. The summed E-state index contributed by atoms with van der Waals surface area (Å²) in [4.78, 5) is 2.36. The van der Waals surface area contributed by atoms with Crippen LogP contribution in [0.3, 0.4) is 0 Å². The molecule has 1 aromatic heterocycles. The van der Waals surface area contributed by atoms with Crippen molar-refractivity contribution in [2.75, 3.05) is 4.90 Å². The van der Waals surface area contributed by atoms with Gasteiger partial charge in [0.2, 0.25) is 0 Å². The molecule has 0 saturated carbocycles. The van der Waals surface area contributed by atoms with E-state index in [4.69, 9.17) is 0 Å². The van der Waals surface area contributed by atoms with Crippen LogP contribution in [0.15, 0.2) is 200 Å². The van der Waals surface area contributed by atoms with Gasteiger partial charge in [0.05, 0.1) is 11.0 Å². The summed E-state index contributed by atoms with van der Waals surface area (Å²) in [6.07, 6.45) is 9.89. The van der Waals surface area contributed by atoms with Gasteiger partial charge in [0.15, 0.2) is 0 Å². The maximum absolute atomic E-state index is 2.40. The van der Waals surface area contributed by atoms with Gasteiger partial charge in [-0.05, 0) is 88.8 Å². The summed E-state index contributed by atoms with van der Waals surface area (Å²) >= 11 is 0. The van der Waals surface area contributed by atoms with E-state index < -0.39 is 0 Å². The minimum atomic E-state index is 0.459. The van der Waals surface area contributed by atoms with Crippen LogP contribution in [0.4, 0.5) is 17.1 Å². The summed E-state index contributed by atoms with van der Waals surface area (Å²) in [5, 5.41) is 2.49. The lowest BCUT2D eigenvalue weighted by atomic mass is 9.91. The van der Waals surface area contributed by atoms with Gasteiger partial charge in [-0.15, -0.1) is 0 Å². The molecule has 0 bridgehead atoms. The van der Waals surface area contributed by atoms with E-state index in [-0.39, 0.29) is 0 Å². The van der Waals surface area contributed by atoms with Crippen LogP contribution in [-0.4, -0.2) is 4.57 Å². The molecule has 2 heteroatoms. The summed E-state index contributed by atoms with van der Waals surface area (Å²) in [6, 6.07) is 63.8. The Hall–Kier alpha value is -6.38. The van der Waals surface area contributed by atoms with Crippen LogP contribution in [0.25, 0.3) is 49.7 Å². The highest BCUT2D eigenvalue weighted by Gasteiger charge is 2.18. The molecule has 1 aliphatic rings. The molecule has 8 aromatic rings. The minimum Gasteiger partial charge on any atom is -0.310 e. The van der Waals surface area contributed by atoms with Gasteiger partial charge in [-0.1, -0.05) is 146 Å². The number of allylic oxidation sites excluding steroid dienone is 4. The Morgan fingerprint density at radius 2 is 1.00 bits per heavy atom. The number of benzene rings is 7. The number of hydrogen-bond acceptors (Lipinski definition) is 1. The van der Waals surface area contributed by atoms with E-state index in [0.29, 0.717) is 5.92 Å². The molecule has 0 spiro atoms. The molecule has 1 heterocycles. The summed E-state index contributed by atoms with van der Waals surface area (Å²) in [6.45, 7) is 0. The highest BCUT2D eigenvalue weighted by Crippen LogP contribution is 2.40. The van der Waals surface area contributed by atoms with E-state index in [9.17, 15) is 0 Å².